The third kappa shape index (κ3) is 4.30. The van der Waals surface area contributed by atoms with E-state index in [1.54, 1.807) is 12.2 Å². The minimum atomic E-state index is -1.07. The number of aliphatic carboxylic acids is 1. The summed E-state index contributed by atoms with van der Waals surface area (Å²) in [7, 11) is 0. The van der Waals surface area contributed by atoms with Crippen molar-refractivity contribution in [1.82, 2.24) is 0 Å². The SMILES string of the molecule is CC(=O)O[C@H]1C[C@@]2(C)[C@H](/C1=C(\C=C/C=C(C)C)C(=O)O)[C@H](N)C[C@H]1[C@@]3(C)CC[C@@H](O)[C@@H](N)[C@@H]3CC[C@@]12N. The summed E-state index contributed by atoms with van der Waals surface area (Å²) >= 11 is 0. The third-order valence-electron chi connectivity index (χ3n) is 10.5. The second kappa shape index (κ2) is 9.63. The van der Waals surface area contributed by atoms with Crippen molar-refractivity contribution in [2.24, 2.45) is 45.8 Å². The highest BCUT2D eigenvalue weighted by molar-refractivity contribution is 5.91. The van der Waals surface area contributed by atoms with Crippen LogP contribution in [0.3, 0.4) is 0 Å². The number of esters is 1. The fraction of sp³-hybridized carbons (Fsp3) is 0.724. The Labute approximate surface area is 220 Å². The fourth-order valence-electron chi connectivity index (χ4n) is 8.85. The van der Waals surface area contributed by atoms with Crippen LogP contribution in [0.25, 0.3) is 0 Å². The molecule has 0 heterocycles. The molecule has 8 nitrogen and oxygen atoms in total. The highest BCUT2D eigenvalue weighted by atomic mass is 16.5. The van der Waals surface area contributed by atoms with Crippen LogP contribution in [-0.2, 0) is 14.3 Å². The normalized spacial score (nSPS) is 46.5. The molecule has 0 amide bonds. The Balaban J connectivity index is 1.86. The molecule has 4 aliphatic rings. The summed E-state index contributed by atoms with van der Waals surface area (Å²) in [6, 6.07) is -0.649. The van der Waals surface area contributed by atoms with E-state index in [1.165, 1.54) is 6.92 Å². The largest absolute Gasteiger partial charge is 0.478 e. The first-order chi connectivity index (χ1) is 17.2. The molecule has 37 heavy (non-hydrogen) atoms. The molecule has 206 valence electrons. The molecule has 0 aromatic rings. The first-order valence-corrected chi connectivity index (χ1v) is 13.6. The van der Waals surface area contributed by atoms with Crippen LogP contribution >= 0.6 is 0 Å². The van der Waals surface area contributed by atoms with Gasteiger partial charge in [0.2, 0.25) is 0 Å². The third-order valence-corrected chi connectivity index (χ3v) is 10.5. The second-order valence-electron chi connectivity index (χ2n) is 12.8. The number of nitrogens with two attached hydrogens (primary N) is 3. The smallest absolute Gasteiger partial charge is 0.335 e. The minimum absolute atomic E-state index is 0.0559. The number of carboxylic acids is 1. The van der Waals surface area contributed by atoms with E-state index in [1.807, 2.05) is 19.9 Å². The van der Waals surface area contributed by atoms with Crippen molar-refractivity contribution in [1.29, 1.82) is 0 Å². The van der Waals surface area contributed by atoms with E-state index in [2.05, 4.69) is 13.8 Å². The zero-order chi connectivity index (χ0) is 27.5. The molecular weight excluding hydrogens is 470 g/mol. The first-order valence-electron chi connectivity index (χ1n) is 13.6. The van der Waals surface area contributed by atoms with Gasteiger partial charge in [-0.1, -0.05) is 31.6 Å². The number of carbonyl (C=O) groups excluding carboxylic acids is 1. The maximum Gasteiger partial charge on any atom is 0.335 e. The average molecular weight is 516 g/mol. The second-order valence-corrected chi connectivity index (χ2v) is 12.8. The van der Waals surface area contributed by atoms with Crippen molar-refractivity contribution in [3.8, 4) is 0 Å². The maximum absolute atomic E-state index is 12.6. The molecule has 4 rings (SSSR count). The Morgan fingerprint density at radius 3 is 2.38 bits per heavy atom. The summed E-state index contributed by atoms with van der Waals surface area (Å²) in [5, 5.41) is 20.8. The van der Waals surface area contributed by atoms with E-state index in [4.69, 9.17) is 21.9 Å². The van der Waals surface area contributed by atoms with Crippen LogP contribution in [0.15, 0.2) is 34.9 Å². The zero-order valence-electron chi connectivity index (χ0n) is 22.9. The van der Waals surface area contributed by atoms with E-state index in [-0.39, 0.29) is 40.8 Å². The topological polar surface area (TPSA) is 162 Å². The van der Waals surface area contributed by atoms with Crippen molar-refractivity contribution in [3.63, 3.8) is 0 Å². The summed E-state index contributed by atoms with van der Waals surface area (Å²) in [6.45, 7) is 9.60. The van der Waals surface area contributed by atoms with Gasteiger partial charge in [-0.05, 0) is 86.7 Å². The van der Waals surface area contributed by atoms with Crippen molar-refractivity contribution >= 4 is 11.9 Å². The summed E-state index contributed by atoms with van der Waals surface area (Å²) in [5.74, 6) is -1.67. The number of hydrogen-bond acceptors (Lipinski definition) is 7. The van der Waals surface area contributed by atoms with Gasteiger partial charge in [0.1, 0.15) is 6.10 Å². The molecule has 0 bridgehead atoms. The summed E-state index contributed by atoms with van der Waals surface area (Å²) in [5.41, 5.74) is 21.3. The molecule has 8 heteroatoms. The summed E-state index contributed by atoms with van der Waals surface area (Å²) in [6.07, 6.45) is 7.96. The van der Waals surface area contributed by atoms with Crippen LogP contribution in [0, 0.1) is 28.6 Å². The Morgan fingerprint density at radius 1 is 1.11 bits per heavy atom. The number of carbonyl (C=O) groups is 2. The van der Waals surface area contributed by atoms with Gasteiger partial charge in [-0.15, -0.1) is 0 Å². The standard InChI is InChI=1S/C29H45N3O5/c1-15(2)7-6-8-17(26(35)36)23-21(37-16(3)33)14-28(5)24(23)19(30)13-22-27(4)11-10-20(34)25(31)18(27)9-12-29(22,28)32/h6-8,18-22,24-25,34H,9-14,30-32H2,1-5H3,(H,35,36)/b8-6-,23-17+/t18-,19+,20+,21-,22-,24-,25-,27-,28-,29+/m0/s1. The average Bonchev–Trinajstić information content (AvgIpc) is 3.08. The lowest BCUT2D eigenvalue weighted by Gasteiger charge is -2.68. The Kier molecular flexibility index (Phi) is 7.29. The Morgan fingerprint density at radius 2 is 1.78 bits per heavy atom. The molecule has 0 saturated heterocycles. The van der Waals surface area contributed by atoms with Gasteiger partial charge in [0.25, 0.3) is 0 Å². The van der Waals surface area contributed by atoms with Gasteiger partial charge in [-0.3, -0.25) is 4.79 Å². The number of ether oxygens (including phenoxy) is 1. The molecule has 0 aliphatic heterocycles. The Hall–Kier alpha value is -2.00. The lowest BCUT2D eigenvalue weighted by Crippen LogP contribution is -2.74. The number of fused-ring (bicyclic) bond motifs is 5. The van der Waals surface area contributed by atoms with Crippen LogP contribution in [0.2, 0.25) is 0 Å². The quantitative estimate of drug-likeness (QED) is 0.217. The van der Waals surface area contributed by atoms with Crippen molar-refractivity contribution < 1.29 is 24.5 Å². The molecule has 4 saturated carbocycles. The number of hydrogen-bond donors (Lipinski definition) is 5. The molecule has 0 spiro atoms. The molecule has 4 aliphatic carbocycles. The predicted molar refractivity (Wildman–Crippen MR) is 142 cm³/mol. The number of rotatable bonds is 4. The van der Waals surface area contributed by atoms with Crippen LogP contribution in [-0.4, -0.2) is 52.0 Å². The molecule has 4 fully saturated rings. The molecule has 0 aromatic heterocycles. The van der Waals surface area contributed by atoms with Gasteiger partial charge in [0.05, 0.1) is 11.7 Å². The first kappa shape index (κ1) is 28.0. The zero-order valence-corrected chi connectivity index (χ0v) is 22.9. The summed E-state index contributed by atoms with van der Waals surface area (Å²) in [4.78, 5) is 24.7. The van der Waals surface area contributed by atoms with Gasteiger partial charge in [0, 0.05) is 30.5 Å². The number of aliphatic hydroxyl groups is 1. The van der Waals surface area contributed by atoms with E-state index in [9.17, 15) is 19.8 Å². The Bertz CT molecular complexity index is 1050. The van der Waals surface area contributed by atoms with Crippen molar-refractivity contribution in [3.05, 3.63) is 34.9 Å². The molecule has 8 N–H and O–H groups in total. The van der Waals surface area contributed by atoms with Crippen LogP contribution in [0.5, 0.6) is 0 Å². The number of carboxylic acid groups (broad SMARTS) is 1. The number of aliphatic hydroxyl groups excluding tert-OH is 1. The van der Waals surface area contributed by atoms with Crippen LogP contribution in [0.4, 0.5) is 0 Å². The van der Waals surface area contributed by atoms with E-state index < -0.39 is 35.1 Å². The van der Waals surface area contributed by atoms with Crippen LogP contribution in [0.1, 0.15) is 73.1 Å². The molecular formula is C29H45N3O5. The van der Waals surface area contributed by atoms with Crippen molar-refractivity contribution in [2.45, 2.75) is 103 Å². The van der Waals surface area contributed by atoms with E-state index >= 15 is 0 Å². The van der Waals surface area contributed by atoms with Gasteiger partial charge in [-0.25, -0.2) is 4.79 Å². The van der Waals surface area contributed by atoms with Gasteiger partial charge < -0.3 is 32.2 Å². The predicted octanol–water partition coefficient (Wildman–Crippen LogP) is 2.79. The lowest BCUT2D eigenvalue weighted by molar-refractivity contribution is -0.158. The highest BCUT2D eigenvalue weighted by Gasteiger charge is 2.71. The summed E-state index contributed by atoms with van der Waals surface area (Å²) < 4.78 is 5.80. The lowest BCUT2D eigenvalue weighted by atomic mass is 9.39. The van der Waals surface area contributed by atoms with E-state index in [0.717, 1.165) is 18.4 Å². The number of allylic oxidation sites excluding steroid dienone is 3. The van der Waals surface area contributed by atoms with Crippen molar-refractivity contribution in [2.75, 3.05) is 0 Å². The fourth-order valence-corrected chi connectivity index (χ4v) is 8.85. The van der Waals surface area contributed by atoms with Gasteiger partial charge in [-0.2, -0.15) is 0 Å². The maximum atomic E-state index is 12.6. The van der Waals surface area contributed by atoms with Gasteiger partial charge >= 0.3 is 11.9 Å². The highest BCUT2D eigenvalue weighted by Crippen LogP contribution is 2.69. The minimum Gasteiger partial charge on any atom is -0.478 e. The molecule has 0 unspecified atom stereocenters. The van der Waals surface area contributed by atoms with E-state index in [0.29, 0.717) is 31.3 Å². The van der Waals surface area contributed by atoms with Gasteiger partial charge in [0.15, 0.2) is 0 Å². The molecule has 0 aromatic carbocycles. The molecule has 10 atom stereocenters. The monoisotopic (exact) mass is 515 g/mol. The van der Waals surface area contributed by atoms with Crippen LogP contribution < -0.4 is 17.2 Å². The molecule has 0 radical (unpaired) electrons.